The summed E-state index contributed by atoms with van der Waals surface area (Å²) in [6.07, 6.45) is -0.384. The molecule has 110 valence electrons. The molecule has 1 unspecified atom stereocenters. The summed E-state index contributed by atoms with van der Waals surface area (Å²) in [7, 11) is 0. The average molecular weight is 323 g/mol. The lowest BCUT2D eigenvalue weighted by Gasteiger charge is -2.17. The summed E-state index contributed by atoms with van der Waals surface area (Å²) in [5.74, 6) is -0.0350. The smallest absolute Gasteiger partial charge is 0.170 e. The molecule has 0 saturated heterocycles. The number of carbonyl (C=O) groups excluding carboxylic acids is 1. The van der Waals surface area contributed by atoms with Gasteiger partial charge in [0.05, 0.1) is 10.0 Å². The van der Waals surface area contributed by atoms with Crippen LogP contribution in [0.15, 0.2) is 48.5 Å². The Morgan fingerprint density at radius 1 is 1.10 bits per heavy atom. The summed E-state index contributed by atoms with van der Waals surface area (Å²) in [6.45, 7) is 2.34. The van der Waals surface area contributed by atoms with Crippen LogP contribution in [0.4, 0.5) is 0 Å². The fourth-order valence-corrected chi connectivity index (χ4v) is 2.52. The molecule has 0 radical (unpaired) electrons. The second-order valence-electron chi connectivity index (χ2n) is 4.60. The Kier molecular flexibility index (Phi) is 5.80. The number of hydrogen-bond donors (Lipinski definition) is 0. The fraction of sp³-hybridized carbons (Fsp3) is 0.235. The Bertz CT molecular complexity index is 611. The summed E-state index contributed by atoms with van der Waals surface area (Å²) in [5, 5.41) is 0.880. The fourth-order valence-electron chi connectivity index (χ4n) is 2.13. The molecule has 0 heterocycles. The maximum Gasteiger partial charge on any atom is 0.170 e. The quantitative estimate of drug-likeness (QED) is 0.757. The van der Waals surface area contributed by atoms with Crippen molar-refractivity contribution in [2.45, 2.75) is 19.4 Å². The van der Waals surface area contributed by atoms with Gasteiger partial charge in [-0.25, -0.2) is 0 Å². The first-order valence-electron chi connectivity index (χ1n) is 6.75. The van der Waals surface area contributed by atoms with Gasteiger partial charge in [-0.1, -0.05) is 65.7 Å². The lowest BCUT2D eigenvalue weighted by atomic mass is 10.00. The zero-order chi connectivity index (χ0) is 15.2. The van der Waals surface area contributed by atoms with E-state index in [1.54, 1.807) is 18.2 Å². The lowest BCUT2D eigenvalue weighted by Crippen LogP contribution is -2.18. The molecule has 2 aromatic rings. The Morgan fingerprint density at radius 2 is 1.81 bits per heavy atom. The third-order valence-corrected chi connectivity index (χ3v) is 3.98. The highest BCUT2D eigenvalue weighted by molar-refractivity contribution is 6.42. The van der Waals surface area contributed by atoms with Gasteiger partial charge in [0.1, 0.15) is 6.10 Å². The van der Waals surface area contributed by atoms with Crippen molar-refractivity contribution in [1.29, 1.82) is 0 Å². The predicted molar refractivity (Wildman–Crippen MR) is 86.0 cm³/mol. The van der Waals surface area contributed by atoms with E-state index in [1.165, 1.54) is 0 Å². The van der Waals surface area contributed by atoms with Crippen molar-refractivity contribution in [2.24, 2.45) is 0 Å². The highest BCUT2D eigenvalue weighted by Crippen LogP contribution is 2.28. The van der Waals surface area contributed by atoms with Gasteiger partial charge >= 0.3 is 0 Å². The standard InChI is InChI=1S/C17H16Cl2O2/c1-2-21-17(12-7-4-3-5-8-12)15(20)11-13-9-6-10-14(18)16(13)19/h3-10,17H,2,11H2,1H3. The molecule has 0 fully saturated rings. The topological polar surface area (TPSA) is 26.3 Å². The normalized spacial score (nSPS) is 12.1. The molecule has 0 amide bonds. The van der Waals surface area contributed by atoms with Crippen LogP contribution in [0, 0.1) is 0 Å². The van der Waals surface area contributed by atoms with Crippen LogP contribution in [0.25, 0.3) is 0 Å². The Hall–Kier alpha value is -1.35. The number of benzene rings is 2. The summed E-state index contributed by atoms with van der Waals surface area (Å²) in [4.78, 5) is 12.5. The number of halogens is 2. The van der Waals surface area contributed by atoms with Crippen LogP contribution in [0.3, 0.4) is 0 Å². The van der Waals surface area contributed by atoms with Gasteiger partial charge in [0.2, 0.25) is 0 Å². The average Bonchev–Trinajstić information content (AvgIpc) is 2.50. The third-order valence-electron chi connectivity index (χ3n) is 3.12. The third kappa shape index (κ3) is 4.07. The monoisotopic (exact) mass is 322 g/mol. The van der Waals surface area contributed by atoms with Crippen molar-refractivity contribution < 1.29 is 9.53 Å². The van der Waals surface area contributed by atoms with Gasteiger partial charge in [-0.3, -0.25) is 4.79 Å². The number of rotatable bonds is 6. The number of ketones is 1. The molecule has 2 nitrogen and oxygen atoms in total. The Balaban J connectivity index is 2.21. The largest absolute Gasteiger partial charge is 0.366 e. The number of hydrogen-bond acceptors (Lipinski definition) is 2. The van der Waals surface area contributed by atoms with Crippen molar-refractivity contribution in [3.63, 3.8) is 0 Å². The molecule has 0 bridgehead atoms. The molecule has 0 N–H and O–H groups in total. The molecule has 0 saturated carbocycles. The van der Waals surface area contributed by atoms with E-state index in [0.29, 0.717) is 16.7 Å². The van der Waals surface area contributed by atoms with E-state index >= 15 is 0 Å². The zero-order valence-electron chi connectivity index (χ0n) is 11.7. The first-order valence-corrected chi connectivity index (χ1v) is 7.51. The molecule has 0 spiro atoms. The summed E-state index contributed by atoms with van der Waals surface area (Å²) >= 11 is 12.1. The summed E-state index contributed by atoms with van der Waals surface area (Å²) < 4.78 is 5.61. The van der Waals surface area contributed by atoms with E-state index in [2.05, 4.69) is 0 Å². The SMILES string of the molecule is CCOC(C(=O)Cc1cccc(Cl)c1Cl)c1ccccc1. The van der Waals surface area contributed by atoms with E-state index in [9.17, 15) is 4.79 Å². The van der Waals surface area contributed by atoms with Crippen LogP contribution < -0.4 is 0 Å². The van der Waals surface area contributed by atoms with Crippen LogP contribution in [-0.2, 0) is 16.0 Å². The van der Waals surface area contributed by atoms with Crippen molar-refractivity contribution in [3.05, 3.63) is 69.7 Å². The number of ether oxygens (including phenoxy) is 1. The van der Waals surface area contributed by atoms with Gasteiger partial charge in [-0.2, -0.15) is 0 Å². The number of Topliss-reactive ketones (excluding diaryl/α,β-unsaturated/α-hetero) is 1. The highest BCUT2D eigenvalue weighted by Gasteiger charge is 2.22. The summed E-state index contributed by atoms with van der Waals surface area (Å²) in [6, 6.07) is 14.8. The van der Waals surface area contributed by atoms with E-state index in [1.807, 2.05) is 37.3 Å². The Labute approximate surface area is 134 Å². The zero-order valence-corrected chi connectivity index (χ0v) is 13.2. The molecule has 2 rings (SSSR count). The molecule has 0 aliphatic carbocycles. The van der Waals surface area contributed by atoms with E-state index in [4.69, 9.17) is 27.9 Å². The minimum Gasteiger partial charge on any atom is -0.366 e. The van der Waals surface area contributed by atoms with Gasteiger partial charge in [0, 0.05) is 13.0 Å². The molecule has 0 aliphatic rings. The van der Waals surface area contributed by atoms with Crippen LogP contribution in [-0.4, -0.2) is 12.4 Å². The maximum absolute atomic E-state index is 12.5. The van der Waals surface area contributed by atoms with Crippen LogP contribution in [0.2, 0.25) is 10.0 Å². The predicted octanol–water partition coefficient (Wildman–Crippen LogP) is 4.88. The lowest BCUT2D eigenvalue weighted by molar-refractivity contribution is -0.130. The van der Waals surface area contributed by atoms with Crippen molar-refractivity contribution >= 4 is 29.0 Å². The van der Waals surface area contributed by atoms with E-state index in [0.717, 1.165) is 11.1 Å². The molecule has 21 heavy (non-hydrogen) atoms. The van der Waals surface area contributed by atoms with Gasteiger partial charge in [0.15, 0.2) is 5.78 Å². The van der Waals surface area contributed by atoms with Crippen LogP contribution in [0.1, 0.15) is 24.2 Å². The van der Waals surface area contributed by atoms with Crippen molar-refractivity contribution in [1.82, 2.24) is 0 Å². The molecular weight excluding hydrogens is 307 g/mol. The van der Waals surface area contributed by atoms with Crippen LogP contribution >= 0.6 is 23.2 Å². The highest BCUT2D eigenvalue weighted by atomic mass is 35.5. The molecule has 1 atom stereocenters. The second-order valence-corrected chi connectivity index (χ2v) is 5.39. The molecule has 0 aromatic heterocycles. The maximum atomic E-state index is 12.5. The van der Waals surface area contributed by atoms with E-state index in [-0.39, 0.29) is 12.2 Å². The molecule has 4 heteroatoms. The van der Waals surface area contributed by atoms with Gasteiger partial charge < -0.3 is 4.74 Å². The van der Waals surface area contributed by atoms with Crippen molar-refractivity contribution in [2.75, 3.05) is 6.61 Å². The van der Waals surface area contributed by atoms with E-state index < -0.39 is 6.10 Å². The molecule has 2 aromatic carbocycles. The summed E-state index contributed by atoms with van der Waals surface area (Å²) in [5.41, 5.74) is 1.57. The minimum atomic E-state index is -0.578. The van der Waals surface area contributed by atoms with Crippen LogP contribution in [0.5, 0.6) is 0 Å². The Morgan fingerprint density at radius 3 is 2.48 bits per heavy atom. The number of carbonyl (C=O) groups is 1. The first kappa shape index (κ1) is 16.0. The molecular formula is C17H16Cl2O2. The van der Waals surface area contributed by atoms with Crippen molar-refractivity contribution in [3.8, 4) is 0 Å². The molecule has 0 aliphatic heterocycles. The van der Waals surface area contributed by atoms with Gasteiger partial charge in [-0.15, -0.1) is 0 Å². The van der Waals surface area contributed by atoms with Gasteiger partial charge in [0.25, 0.3) is 0 Å². The minimum absolute atomic E-state index is 0.0350. The van der Waals surface area contributed by atoms with Gasteiger partial charge in [-0.05, 0) is 24.1 Å². The second kappa shape index (κ2) is 7.60. The first-order chi connectivity index (χ1) is 10.1.